The van der Waals surface area contributed by atoms with Crippen LogP contribution in [0.2, 0.25) is 0 Å². The normalized spacial score (nSPS) is 11.5. The number of rotatable bonds is 5. The van der Waals surface area contributed by atoms with Gasteiger partial charge in [-0.15, -0.1) is 0 Å². The van der Waals surface area contributed by atoms with E-state index >= 15 is 0 Å². The summed E-state index contributed by atoms with van der Waals surface area (Å²) in [5, 5.41) is 11.5. The minimum absolute atomic E-state index is 0.140. The summed E-state index contributed by atoms with van der Waals surface area (Å²) in [6.07, 6.45) is 0.184. The average Bonchev–Trinajstić information content (AvgIpc) is 2.93. The summed E-state index contributed by atoms with van der Waals surface area (Å²) in [6.45, 7) is 10.1. The van der Waals surface area contributed by atoms with Crippen molar-refractivity contribution in [2.75, 3.05) is 5.32 Å². The number of hydrogen-bond acceptors (Lipinski definition) is 4. The Kier molecular flexibility index (Phi) is 4.63. The first-order valence-electron chi connectivity index (χ1n) is 7.53. The summed E-state index contributed by atoms with van der Waals surface area (Å²) in [4.78, 5) is 16.6. The van der Waals surface area contributed by atoms with Crippen LogP contribution in [-0.2, 0) is 18.3 Å². The van der Waals surface area contributed by atoms with Gasteiger partial charge in [-0.2, -0.15) is 10.2 Å². The van der Waals surface area contributed by atoms with E-state index < -0.39 is 0 Å². The molecule has 2 heterocycles. The monoisotopic (exact) mass is 304 g/mol. The van der Waals surface area contributed by atoms with Crippen LogP contribution in [0.4, 0.5) is 5.82 Å². The molecular formula is C15H24N6O. The van der Waals surface area contributed by atoms with Crippen LogP contribution in [0.3, 0.4) is 0 Å². The number of carbonyl (C=O) groups is 1. The number of aryl methyl sites for hydroxylation is 2. The van der Waals surface area contributed by atoms with Crippen LogP contribution in [0.25, 0.3) is 0 Å². The van der Waals surface area contributed by atoms with Crippen LogP contribution in [0, 0.1) is 6.92 Å². The summed E-state index contributed by atoms with van der Waals surface area (Å²) in [7, 11) is 1.80. The van der Waals surface area contributed by atoms with Crippen LogP contribution >= 0.6 is 0 Å². The van der Waals surface area contributed by atoms with Crippen molar-refractivity contribution in [3.8, 4) is 0 Å². The highest BCUT2D eigenvalue weighted by Gasteiger charge is 2.15. The molecule has 22 heavy (non-hydrogen) atoms. The first-order chi connectivity index (χ1) is 10.3. The quantitative estimate of drug-likeness (QED) is 0.918. The molecule has 0 aromatic carbocycles. The third kappa shape index (κ3) is 3.52. The van der Waals surface area contributed by atoms with Crippen molar-refractivity contribution in [1.29, 1.82) is 0 Å². The van der Waals surface area contributed by atoms with Crippen molar-refractivity contribution >= 4 is 11.7 Å². The molecule has 1 amide bonds. The van der Waals surface area contributed by atoms with Gasteiger partial charge in [0.2, 0.25) is 5.91 Å². The van der Waals surface area contributed by atoms with Crippen molar-refractivity contribution in [3.63, 3.8) is 0 Å². The molecule has 120 valence electrons. The van der Waals surface area contributed by atoms with Gasteiger partial charge in [0.25, 0.3) is 0 Å². The predicted octanol–water partition coefficient (Wildman–Crippen LogP) is 2.21. The van der Waals surface area contributed by atoms with Crippen LogP contribution < -0.4 is 5.32 Å². The number of nitrogens with one attached hydrogen (secondary N) is 1. The molecule has 0 atom stereocenters. The van der Waals surface area contributed by atoms with Gasteiger partial charge in [-0.1, -0.05) is 13.8 Å². The van der Waals surface area contributed by atoms with Gasteiger partial charge in [-0.25, -0.2) is 4.98 Å². The van der Waals surface area contributed by atoms with Crippen molar-refractivity contribution < 1.29 is 4.79 Å². The predicted molar refractivity (Wildman–Crippen MR) is 84.8 cm³/mol. The highest BCUT2D eigenvalue weighted by molar-refractivity contribution is 5.90. The smallest absolute Gasteiger partial charge is 0.233 e. The molecule has 0 aliphatic carbocycles. The van der Waals surface area contributed by atoms with Gasteiger partial charge in [0.05, 0.1) is 6.42 Å². The third-order valence-corrected chi connectivity index (χ3v) is 3.38. The van der Waals surface area contributed by atoms with Crippen molar-refractivity contribution in [2.45, 2.75) is 53.0 Å². The van der Waals surface area contributed by atoms with Gasteiger partial charge in [0, 0.05) is 30.8 Å². The largest absolute Gasteiger partial charge is 0.309 e. The molecule has 2 aromatic rings. The van der Waals surface area contributed by atoms with Crippen molar-refractivity contribution in [3.05, 3.63) is 23.4 Å². The molecule has 2 aromatic heterocycles. The highest BCUT2D eigenvalue weighted by Crippen LogP contribution is 2.14. The lowest BCUT2D eigenvalue weighted by molar-refractivity contribution is -0.115. The Morgan fingerprint density at radius 3 is 2.45 bits per heavy atom. The zero-order valence-electron chi connectivity index (χ0n) is 14.1. The molecule has 0 aliphatic heterocycles. The van der Waals surface area contributed by atoms with Gasteiger partial charge in [-0.05, 0) is 20.8 Å². The van der Waals surface area contributed by atoms with E-state index in [2.05, 4.69) is 34.3 Å². The molecule has 0 radical (unpaired) electrons. The van der Waals surface area contributed by atoms with Gasteiger partial charge in [0.15, 0.2) is 11.6 Å². The third-order valence-electron chi connectivity index (χ3n) is 3.38. The summed E-state index contributed by atoms with van der Waals surface area (Å²) in [5.41, 5.74) is 1.02. The van der Waals surface area contributed by atoms with Crippen LogP contribution in [-0.4, -0.2) is 30.5 Å². The highest BCUT2D eigenvalue weighted by atomic mass is 16.1. The molecule has 0 saturated carbocycles. The van der Waals surface area contributed by atoms with E-state index in [4.69, 9.17) is 0 Å². The second-order valence-corrected chi connectivity index (χ2v) is 6.10. The van der Waals surface area contributed by atoms with E-state index in [9.17, 15) is 4.79 Å². The van der Waals surface area contributed by atoms with Gasteiger partial charge >= 0.3 is 0 Å². The Morgan fingerprint density at radius 2 is 1.95 bits per heavy atom. The number of carbonyl (C=O) groups excluding carboxylic acids is 1. The molecule has 1 N–H and O–H groups in total. The first-order valence-corrected chi connectivity index (χ1v) is 7.53. The van der Waals surface area contributed by atoms with Crippen LogP contribution in [0.15, 0.2) is 6.07 Å². The molecule has 0 bridgehead atoms. The first kappa shape index (κ1) is 16.2. The molecule has 2 rings (SSSR count). The molecule has 7 heteroatoms. The van der Waals surface area contributed by atoms with E-state index in [-0.39, 0.29) is 24.3 Å². The molecule has 0 spiro atoms. The zero-order valence-corrected chi connectivity index (χ0v) is 14.1. The minimum Gasteiger partial charge on any atom is -0.309 e. The Hall–Kier alpha value is -2.18. The standard InChI is InChI=1S/C15H24N6O/c1-9(2)15-17-13(20(6)19-15)8-14(22)16-12-7-11(5)21(18-12)10(3)4/h7,9-10H,8H2,1-6H3,(H,16,18,22). The lowest BCUT2D eigenvalue weighted by Crippen LogP contribution is -2.17. The summed E-state index contributed by atoms with van der Waals surface area (Å²) in [5.74, 6) is 2.08. The maximum absolute atomic E-state index is 12.2. The topological polar surface area (TPSA) is 77.6 Å². The average molecular weight is 304 g/mol. The second kappa shape index (κ2) is 6.29. The maximum atomic E-state index is 12.2. The Morgan fingerprint density at radius 1 is 1.27 bits per heavy atom. The molecule has 0 unspecified atom stereocenters. The van der Waals surface area contributed by atoms with Crippen molar-refractivity contribution in [1.82, 2.24) is 24.5 Å². The molecule has 0 saturated heterocycles. The van der Waals surface area contributed by atoms with Gasteiger partial charge in [0.1, 0.15) is 5.82 Å². The Bertz CT molecular complexity index is 668. The fraction of sp³-hybridized carbons (Fsp3) is 0.600. The maximum Gasteiger partial charge on any atom is 0.233 e. The number of nitrogens with zero attached hydrogens (tertiary/aromatic N) is 5. The molecule has 0 fully saturated rings. The van der Waals surface area contributed by atoms with Crippen LogP contribution in [0.5, 0.6) is 0 Å². The fourth-order valence-corrected chi connectivity index (χ4v) is 2.24. The Labute approximate surface area is 130 Å². The van der Waals surface area contributed by atoms with E-state index in [0.29, 0.717) is 11.6 Å². The zero-order chi connectivity index (χ0) is 16.4. The van der Waals surface area contributed by atoms with E-state index in [0.717, 1.165) is 11.5 Å². The van der Waals surface area contributed by atoms with E-state index in [1.165, 1.54) is 0 Å². The fourth-order valence-electron chi connectivity index (χ4n) is 2.24. The van der Waals surface area contributed by atoms with Crippen molar-refractivity contribution in [2.24, 2.45) is 7.05 Å². The number of amides is 1. The van der Waals surface area contributed by atoms with E-state index in [1.807, 2.05) is 31.5 Å². The summed E-state index contributed by atoms with van der Waals surface area (Å²) < 4.78 is 3.54. The SMILES string of the molecule is Cc1cc(NC(=O)Cc2nc(C(C)C)nn2C)nn1C(C)C. The lowest BCUT2D eigenvalue weighted by Gasteiger charge is -2.07. The summed E-state index contributed by atoms with van der Waals surface area (Å²) in [6, 6.07) is 2.13. The van der Waals surface area contributed by atoms with E-state index in [1.54, 1.807) is 11.7 Å². The number of hydrogen-bond donors (Lipinski definition) is 1. The van der Waals surface area contributed by atoms with Gasteiger partial charge < -0.3 is 5.32 Å². The molecule has 0 aliphatic rings. The second-order valence-electron chi connectivity index (χ2n) is 6.10. The Balaban J connectivity index is 2.06. The minimum atomic E-state index is -0.140. The van der Waals surface area contributed by atoms with Crippen LogP contribution in [0.1, 0.15) is 57.0 Å². The molecular weight excluding hydrogens is 280 g/mol. The molecule has 7 nitrogen and oxygen atoms in total. The number of aromatic nitrogens is 5. The lowest BCUT2D eigenvalue weighted by atomic mass is 10.2. The van der Waals surface area contributed by atoms with Gasteiger partial charge in [-0.3, -0.25) is 14.2 Å². The summed E-state index contributed by atoms with van der Waals surface area (Å²) >= 11 is 0. The number of anilines is 1.